The first-order valence-electron chi connectivity index (χ1n) is 6.62. The minimum Gasteiger partial charge on any atom is -0.397 e. The van der Waals surface area contributed by atoms with Gasteiger partial charge in [0, 0.05) is 13.6 Å². The van der Waals surface area contributed by atoms with Gasteiger partial charge in [-0.05, 0) is 36.6 Å². The van der Waals surface area contributed by atoms with Crippen molar-refractivity contribution in [1.82, 2.24) is 4.98 Å². The van der Waals surface area contributed by atoms with E-state index in [-0.39, 0.29) is 0 Å². The van der Waals surface area contributed by atoms with Gasteiger partial charge in [-0.15, -0.1) is 0 Å². The highest BCUT2D eigenvalue weighted by molar-refractivity contribution is 5.50. The van der Waals surface area contributed by atoms with E-state index in [1.807, 2.05) is 26.1 Å². The Labute approximate surface area is 115 Å². The van der Waals surface area contributed by atoms with Crippen LogP contribution in [0.2, 0.25) is 0 Å². The van der Waals surface area contributed by atoms with Crippen LogP contribution in [-0.2, 0) is 13.0 Å². The Bertz CT molecular complexity index is 546. The van der Waals surface area contributed by atoms with Gasteiger partial charge in [-0.3, -0.25) is 0 Å². The second-order valence-corrected chi connectivity index (χ2v) is 4.87. The van der Waals surface area contributed by atoms with Gasteiger partial charge in [-0.1, -0.05) is 31.2 Å². The number of nitrogen functional groups attached to an aromatic ring is 1. The molecule has 3 nitrogen and oxygen atoms in total. The molecule has 0 unspecified atom stereocenters. The molecule has 0 saturated heterocycles. The molecule has 0 saturated carbocycles. The maximum absolute atomic E-state index is 5.79. The molecule has 1 aromatic carbocycles. The summed E-state index contributed by atoms with van der Waals surface area (Å²) in [6, 6.07) is 12.6. The molecule has 1 heterocycles. The van der Waals surface area contributed by atoms with E-state index in [1.165, 1.54) is 11.1 Å². The Hall–Kier alpha value is -2.03. The number of aromatic nitrogens is 1. The van der Waals surface area contributed by atoms with Crippen molar-refractivity contribution in [3.63, 3.8) is 0 Å². The minimum absolute atomic E-state index is 0.740. The van der Waals surface area contributed by atoms with E-state index < -0.39 is 0 Å². The summed E-state index contributed by atoms with van der Waals surface area (Å²) in [7, 11) is 2.05. The van der Waals surface area contributed by atoms with Crippen LogP contribution < -0.4 is 10.6 Å². The SMILES string of the molecule is CCc1ccc(CN(C)c2ccc(N)c(C)n2)cc1. The lowest BCUT2D eigenvalue weighted by Crippen LogP contribution is -2.18. The molecule has 0 atom stereocenters. The fraction of sp³-hybridized carbons (Fsp3) is 0.312. The summed E-state index contributed by atoms with van der Waals surface area (Å²) >= 11 is 0. The number of aryl methyl sites for hydroxylation is 2. The third-order valence-corrected chi connectivity index (χ3v) is 3.35. The highest BCUT2D eigenvalue weighted by Crippen LogP contribution is 2.17. The summed E-state index contributed by atoms with van der Waals surface area (Å²) < 4.78 is 0. The number of hydrogen-bond donors (Lipinski definition) is 1. The van der Waals surface area contributed by atoms with Gasteiger partial charge >= 0.3 is 0 Å². The van der Waals surface area contributed by atoms with E-state index in [0.717, 1.165) is 30.2 Å². The van der Waals surface area contributed by atoms with Crippen LogP contribution in [0.1, 0.15) is 23.7 Å². The van der Waals surface area contributed by atoms with Crippen molar-refractivity contribution in [2.45, 2.75) is 26.8 Å². The number of benzene rings is 1. The molecule has 0 fully saturated rings. The minimum atomic E-state index is 0.740. The summed E-state index contributed by atoms with van der Waals surface area (Å²) in [5.41, 5.74) is 10.1. The molecule has 0 bridgehead atoms. The monoisotopic (exact) mass is 255 g/mol. The Morgan fingerprint density at radius 3 is 2.26 bits per heavy atom. The van der Waals surface area contributed by atoms with Crippen LogP contribution in [0.3, 0.4) is 0 Å². The number of nitrogens with zero attached hydrogens (tertiary/aromatic N) is 2. The lowest BCUT2D eigenvalue weighted by atomic mass is 10.1. The number of rotatable bonds is 4. The van der Waals surface area contributed by atoms with Gasteiger partial charge in [0.05, 0.1) is 11.4 Å². The highest BCUT2D eigenvalue weighted by Gasteiger charge is 2.05. The summed E-state index contributed by atoms with van der Waals surface area (Å²) in [6.07, 6.45) is 1.08. The molecule has 3 heteroatoms. The van der Waals surface area contributed by atoms with Crippen molar-refractivity contribution < 1.29 is 0 Å². The Kier molecular flexibility index (Phi) is 4.05. The van der Waals surface area contributed by atoms with Crippen LogP contribution in [0.25, 0.3) is 0 Å². The zero-order chi connectivity index (χ0) is 13.8. The van der Waals surface area contributed by atoms with Crippen molar-refractivity contribution in [1.29, 1.82) is 0 Å². The Morgan fingerprint density at radius 1 is 1.05 bits per heavy atom. The smallest absolute Gasteiger partial charge is 0.128 e. The molecule has 2 rings (SSSR count). The predicted molar refractivity (Wildman–Crippen MR) is 81.3 cm³/mol. The predicted octanol–water partition coefficient (Wildman–Crippen LogP) is 3.17. The van der Waals surface area contributed by atoms with Crippen molar-refractivity contribution in [3.05, 3.63) is 53.2 Å². The summed E-state index contributed by atoms with van der Waals surface area (Å²) in [5.74, 6) is 0.950. The molecular weight excluding hydrogens is 234 g/mol. The van der Waals surface area contributed by atoms with Gasteiger partial charge in [-0.25, -0.2) is 4.98 Å². The van der Waals surface area contributed by atoms with Gasteiger partial charge in [0.15, 0.2) is 0 Å². The van der Waals surface area contributed by atoms with Crippen LogP contribution >= 0.6 is 0 Å². The van der Waals surface area contributed by atoms with Crippen molar-refractivity contribution in [3.8, 4) is 0 Å². The van der Waals surface area contributed by atoms with Crippen LogP contribution in [0.15, 0.2) is 36.4 Å². The average Bonchev–Trinajstić information content (AvgIpc) is 2.42. The van der Waals surface area contributed by atoms with E-state index in [2.05, 4.69) is 41.1 Å². The summed E-state index contributed by atoms with van der Waals surface area (Å²) in [4.78, 5) is 6.64. The first-order valence-corrected chi connectivity index (χ1v) is 6.62. The van der Waals surface area contributed by atoms with Crippen molar-refractivity contribution in [2.24, 2.45) is 0 Å². The first kappa shape index (κ1) is 13.4. The van der Waals surface area contributed by atoms with E-state index in [4.69, 9.17) is 5.73 Å². The highest BCUT2D eigenvalue weighted by atomic mass is 15.2. The van der Waals surface area contributed by atoms with Crippen LogP contribution in [0, 0.1) is 6.92 Å². The molecule has 0 radical (unpaired) electrons. The fourth-order valence-corrected chi connectivity index (χ4v) is 2.01. The third-order valence-electron chi connectivity index (χ3n) is 3.35. The maximum Gasteiger partial charge on any atom is 0.128 e. The molecule has 2 aromatic rings. The second kappa shape index (κ2) is 5.74. The van der Waals surface area contributed by atoms with Crippen LogP contribution in [0.5, 0.6) is 0 Å². The second-order valence-electron chi connectivity index (χ2n) is 4.87. The lowest BCUT2D eigenvalue weighted by Gasteiger charge is -2.19. The topological polar surface area (TPSA) is 42.1 Å². The quantitative estimate of drug-likeness (QED) is 0.912. The molecule has 1 aromatic heterocycles. The zero-order valence-corrected chi connectivity index (χ0v) is 11.9. The molecular formula is C16H21N3. The molecule has 0 aliphatic heterocycles. The zero-order valence-electron chi connectivity index (χ0n) is 11.9. The first-order chi connectivity index (χ1) is 9.10. The lowest BCUT2D eigenvalue weighted by molar-refractivity contribution is 0.892. The number of nitrogens with two attached hydrogens (primary N) is 1. The summed E-state index contributed by atoms with van der Waals surface area (Å²) in [6.45, 7) is 4.95. The van der Waals surface area contributed by atoms with E-state index >= 15 is 0 Å². The number of hydrogen-bond acceptors (Lipinski definition) is 3. The van der Waals surface area contributed by atoms with E-state index in [0.29, 0.717) is 0 Å². The largest absolute Gasteiger partial charge is 0.397 e. The average molecular weight is 255 g/mol. The van der Waals surface area contributed by atoms with E-state index in [9.17, 15) is 0 Å². The summed E-state index contributed by atoms with van der Waals surface area (Å²) in [5, 5.41) is 0. The normalized spacial score (nSPS) is 10.5. The van der Waals surface area contributed by atoms with E-state index in [1.54, 1.807) is 0 Å². The molecule has 0 aliphatic carbocycles. The maximum atomic E-state index is 5.79. The molecule has 0 spiro atoms. The van der Waals surface area contributed by atoms with Crippen molar-refractivity contribution >= 4 is 11.5 Å². The number of anilines is 2. The Morgan fingerprint density at radius 2 is 1.68 bits per heavy atom. The molecule has 0 aliphatic rings. The van der Waals surface area contributed by atoms with Gasteiger partial charge < -0.3 is 10.6 Å². The van der Waals surface area contributed by atoms with Gasteiger partial charge in [0.25, 0.3) is 0 Å². The van der Waals surface area contributed by atoms with Gasteiger partial charge in [0.2, 0.25) is 0 Å². The Balaban J connectivity index is 2.10. The molecule has 100 valence electrons. The van der Waals surface area contributed by atoms with Crippen LogP contribution in [0.4, 0.5) is 11.5 Å². The third kappa shape index (κ3) is 3.25. The number of pyridine rings is 1. The van der Waals surface area contributed by atoms with Gasteiger partial charge in [0.1, 0.15) is 5.82 Å². The molecule has 2 N–H and O–H groups in total. The van der Waals surface area contributed by atoms with Crippen LogP contribution in [-0.4, -0.2) is 12.0 Å². The van der Waals surface area contributed by atoms with Crippen molar-refractivity contribution in [2.75, 3.05) is 17.7 Å². The molecule has 0 amide bonds. The standard InChI is InChI=1S/C16H21N3/c1-4-13-5-7-14(8-6-13)11-19(3)16-10-9-15(17)12(2)18-16/h5-10H,4,11,17H2,1-3H3. The fourth-order valence-electron chi connectivity index (χ4n) is 2.01. The molecule has 19 heavy (non-hydrogen) atoms. The van der Waals surface area contributed by atoms with Gasteiger partial charge in [-0.2, -0.15) is 0 Å².